The molecule has 62 heavy (non-hydrogen) atoms. The summed E-state index contributed by atoms with van der Waals surface area (Å²) in [5, 5.41) is 2.23. The topological polar surface area (TPSA) is 51.8 Å². The van der Waals surface area contributed by atoms with Crippen molar-refractivity contribution >= 4 is 21.9 Å². The van der Waals surface area contributed by atoms with Gasteiger partial charge < -0.3 is 4.42 Å². The van der Waals surface area contributed by atoms with E-state index in [0.717, 1.165) is 60.9 Å². The van der Waals surface area contributed by atoms with Crippen LogP contribution >= 0.6 is 0 Å². The van der Waals surface area contributed by atoms with Gasteiger partial charge in [-0.05, 0) is 103 Å². The zero-order valence-electron chi connectivity index (χ0n) is 33.5. The fourth-order valence-electron chi connectivity index (χ4n) is 10.2. The van der Waals surface area contributed by atoms with Crippen LogP contribution in [0.4, 0.5) is 0 Å². The van der Waals surface area contributed by atoms with Crippen molar-refractivity contribution in [1.29, 1.82) is 0 Å². The summed E-state index contributed by atoms with van der Waals surface area (Å²) in [5.41, 5.74) is 19.0. The highest BCUT2D eigenvalue weighted by atomic mass is 16.3. The number of hydrogen-bond donors (Lipinski definition) is 0. The number of para-hydroxylation sites is 1. The number of aromatic nitrogens is 3. The predicted octanol–water partition coefficient (Wildman–Crippen LogP) is 14.4. The van der Waals surface area contributed by atoms with Crippen molar-refractivity contribution in [2.45, 2.75) is 5.41 Å². The maximum absolute atomic E-state index is 6.25. The van der Waals surface area contributed by atoms with E-state index in [1.165, 1.54) is 44.5 Å². The summed E-state index contributed by atoms with van der Waals surface area (Å²) in [4.78, 5) is 15.4. The molecule has 0 fully saturated rings. The summed E-state index contributed by atoms with van der Waals surface area (Å²) in [6, 6.07) is 75.7. The second kappa shape index (κ2) is 13.4. The molecule has 0 aliphatic heterocycles. The van der Waals surface area contributed by atoms with Gasteiger partial charge >= 0.3 is 0 Å². The third-order valence-electron chi connectivity index (χ3n) is 13.0. The Morgan fingerprint density at radius 2 is 0.710 bits per heavy atom. The van der Waals surface area contributed by atoms with Gasteiger partial charge in [0, 0.05) is 27.5 Å². The first-order chi connectivity index (χ1) is 30.7. The van der Waals surface area contributed by atoms with Crippen LogP contribution in [0.1, 0.15) is 22.3 Å². The Hall–Kier alpha value is -8.21. The van der Waals surface area contributed by atoms with E-state index in [9.17, 15) is 0 Å². The monoisotopic (exact) mass is 789 g/mol. The zero-order valence-corrected chi connectivity index (χ0v) is 33.5. The fourth-order valence-corrected chi connectivity index (χ4v) is 10.2. The number of fused-ring (bicyclic) bond motifs is 13. The second-order valence-corrected chi connectivity index (χ2v) is 16.3. The predicted molar refractivity (Wildman–Crippen MR) is 251 cm³/mol. The minimum Gasteiger partial charge on any atom is -0.456 e. The lowest BCUT2D eigenvalue weighted by Crippen LogP contribution is -2.25. The van der Waals surface area contributed by atoms with Crippen LogP contribution in [0.3, 0.4) is 0 Å². The number of furan rings is 1. The maximum atomic E-state index is 6.25. The van der Waals surface area contributed by atoms with Crippen LogP contribution in [0.2, 0.25) is 0 Å². The van der Waals surface area contributed by atoms with Crippen molar-refractivity contribution in [3.8, 4) is 78.7 Å². The highest BCUT2D eigenvalue weighted by molar-refractivity contribution is 6.06. The Balaban J connectivity index is 0.920. The lowest BCUT2D eigenvalue weighted by molar-refractivity contribution is 0.669. The van der Waals surface area contributed by atoms with Crippen LogP contribution in [-0.4, -0.2) is 15.0 Å². The van der Waals surface area contributed by atoms with Gasteiger partial charge in [0.2, 0.25) is 0 Å². The number of nitrogens with zero attached hydrogens (tertiary/aromatic N) is 3. The van der Waals surface area contributed by atoms with Gasteiger partial charge in [0.05, 0.1) is 5.41 Å². The Morgan fingerprint density at radius 3 is 1.35 bits per heavy atom. The van der Waals surface area contributed by atoms with Crippen LogP contribution in [-0.2, 0) is 5.41 Å². The molecular formula is C58H35N3O. The summed E-state index contributed by atoms with van der Waals surface area (Å²) in [6.07, 6.45) is 0. The molecule has 2 heterocycles. The van der Waals surface area contributed by atoms with E-state index in [1.807, 2.05) is 36.4 Å². The van der Waals surface area contributed by atoms with Crippen molar-refractivity contribution < 1.29 is 4.42 Å². The average Bonchev–Trinajstić information content (AvgIpc) is 3.98. The van der Waals surface area contributed by atoms with Gasteiger partial charge in [-0.3, -0.25) is 0 Å². The van der Waals surface area contributed by atoms with Gasteiger partial charge in [-0.15, -0.1) is 0 Å². The van der Waals surface area contributed by atoms with Crippen LogP contribution in [0.25, 0.3) is 101 Å². The summed E-state index contributed by atoms with van der Waals surface area (Å²) >= 11 is 0. The molecule has 0 radical (unpaired) electrons. The minimum absolute atomic E-state index is 0.369. The standard InChI is InChI=1S/C58H35N3O/c1-2-14-36(15-3-1)55-59-56(61-57(60-55)42-19-13-17-38(33-42)40-28-30-47-46-23-7-11-27-53(46)62-54(47)35-40)41-18-12-16-37(32-41)39-29-31-52-48(34-39)45-22-6-10-26-51(45)58(52)49-24-8-4-20-43(49)44-21-5-9-25-50(44)58/h1-35H. The molecule has 0 saturated carbocycles. The van der Waals surface area contributed by atoms with Crippen LogP contribution < -0.4 is 0 Å². The largest absolute Gasteiger partial charge is 0.456 e. The Kier molecular flexibility index (Phi) is 7.49. The SMILES string of the molecule is c1ccc(-c2nc(-c3cccc(-c4ccc5c(c4)-c4ccccc4C54c5ccccc5-c5ccccc54)c3)nc(-c3cccc(-c4ccc5c(c4)oc4ccccc45)c3)n2)cc1. The first-order valence-corrected chi connectivity index (χ1v) is 21.1. The molecule has 2 aliphatic rings. The van der Waals surface area contributed by atoms with E-state index in [0.29, 0.717) is 17.5 Å². The van der Waals surface area contributed by atoms with Crippen LogP contribution in [0, 0.1) is 0 Å². The molecule has 13 rings (SSSR count). The molecule has 4 heteroatoms. The average molecular weight is 790 g/mol. The zero-order chi connectivity index (χ0) is 40.8. The van der Waals surface area contributed by atoms with Gasteiger partial charge in [0.15, 0.2) is 17.5 Å². The first kappa shape index (κ1) is 34.6. The van der Waals surface area contributed by atoms with Gasteiger partial charge in [-0.25, -0.2) is 15.0 Å². The molecule has 0 amide bonds. The molecule has 0 N–H and O–H groups in total. The fraction of sp³-hybridized carbons (Fsp3) is 0.0172. The Labute approximate surface area is 358 Å². The van der Waals surface area contributed by atoms with Crippen molar-refractivity contribution in [1.82, 2.24) is 15.0 Å². The van der Waals surface area contributed by atoms with E-state index in [2.05, 4.69) is 176 Å². The normalized spacial score (nSPS) is 13.0. The van der Waals surface area contributed by atoms with Crippen molar-refractivity contribution in [3.63, 3.8) is 0 Å². The summed E-state index contributed by atoms with van der Waals surface area (Å²) in [6.45, 7) is 0. The van der Waals surface area contributed by atoms with Crippen LogP contribution in [0.15, 0.2) is 217 Å². The van der Waals surface area contributed by atoms with E-state index in [1.54, 1.807) is 0 Å². The first-order valence-electron chi connectivity index (χ1n) is 21.1. The molecule has 9 aromatic carbocycles. The van der Waals surface area contributed by atoms with Crippen LogP contribution in [0.5, 0.6) is 0 Å². The van der Waals surface area contributed by atoms with Gasteiger partial charge in [0.25, 0.3) is 0 Å². The molecular weight excluding hydrogens is 755 g/mol. The van der Waals surface area contributed by atoms with Gasteiger partial charge in [0.1, 0.15) is 11.2 Å². The van der Waals surface area contributed by atoms with E-state index >= 15 is 0 Å². The Bertz CT molecular complexity index is 3560. The number of benzene rings is 9. The smallest absolute Gasteiger partial charge is 0.164 e. The molecule has 0 saturated heterocycles. The van der Waals surface area contributed by atoms with E-state index in [4.69, 9.17) is 19.4 Å². The molecule has 0 bridgehead atoms. The van der Waals surface area contributed by atoms with Gasteiger partial charge in [-0.2, -0.15) is 0 Å². The van der Waals surface area contributed by atoms with Gasteiger partial charge in [-0.1, -0.05) is 176 Å². The summed E-state index contributed by atoms with van der Waals surface area (Å²) < 4.78 is 6.25. The highest BCUT2D eigenvalue weighted by Crippen LogP contribution is 2.63. The van der Waals surface area contributed by atoms with E-state index in [-0.39, 0.29) is 5.41 Å². The molecule has 0 unspecified atom stereocenters. The number of hydrogen-bond acceptors (Lipinski definition) is 4. The quantitative estimate of drug-likeness (QED) is 0.174. The van der Waals surface area contributed by atoms with Crippen molar-refractivity contribution in [2.24, 2.45) is 0 Å². The van der Waals surface area contributed by atoms with E-state index < -0.39 is 0 Å². The Morgan fingerprint density at radius 1 is 0.274 bits per heavy atom. The molecule has 1 spiro atoms. The lowest BCUT2D eigenvalue weighted by atomic mass is 9.70. The minimum atomic E-state index is -0.369. The van der Waals surface area contributed by atoms with Crippen molar-refractivity contribution in [3.05, 3.63) is 235 Å². The van der Waals surface area contributed by atoms with Crippen molar-refractivity contribution in [2.75, 3.05) is 0 Å². The highest BCUT2D eigenvalue weighted by Gasteiger charge is 2.51. The lowest BCUT2D eigenvalue weighted by Gasteiger charge is -2.30. The molecule has 11 aromatic rings. The summed E-state index contributed by atoms with van der Waals surface area (Å²) in [7, 11) is 0. The maximum Gasteiger partial charge on any atom is 0.164 e. The molecule has 2 aliphatic carbocycles. The molecule has 2 aromatic heterocycles. The third-order valence-corrected chi connectivity index (χ3v) is 13.0. The molecule has 288 valence electrons. The number of rotatable bonds is 5. The summed E-state index contributed by atoms with van der Waals surface area (Å²) in [5.74, 6) is 1.86. The third kappa shape index (κ3) is 5.10. The molecule has 0 atom stereocenters. The molecule has 4 nitrogen and oxygen atoms in total. The second-order valence-electron chi connectivity index (χ2n) is 16.3.